The Morgan fingerprint density at radius 1 is 1.28 bits per heavy atom. The van der Waals surface area contributed by atoms with E-state index in [-0.39, 0.29) is 22.4 Å². The van der Waals surface area contributed by atoms with Gasteiger partial charge in [-0.1, -0.05) is 11.8 Å². The molecule has 7 nitrogen and oxygen atoms in total. The van der Waals surface area contributed by atoms with Gasteiger partial charge in [0, 0.05) is 23.7 Å². The van der Waals surface area contributed by atoms with Crippen LogP contribution in [0, 0.1) is 17.3 Å². The minimum atomic E-state index is -1.05. The Hall–Kier alpha value is -3.05. The summed E-state index contributed by atoms with van der Waals surface area (Å²) in [5.41, 5.74) is 0.216. The Morgan fingerprint density at radius 3 is 2.59 bits per heavy atom. The molecule has 1 N–H and O–H groups in total. The predicted molar refractivity (Wildman–Crippen MR) is 124 cm³/mol. The lowest BCUT2D eigenvalue weighted by Crippen LogP contribution is -2.39. The second-order valence-electron chi connectivity index (χ2n) is 8.73. The average molecular weight is 457 g/mol. The fourth-order valence-electron chi connectivity index (χ4n) is 3.59. The maximum absolute atomic E-state index is 12.0. The van der Waals surface area contributed by atoms with Crippen LogP contribution in [-0.2, 0) is 4.79 Å². The normalized spacial score (nSPS) is 18.2. The van der Waals surface area contributed by atoms with Gasteiger partial charge in [0.15, 0.2) is 0 Å². The van der Waals surface area contributed by atoms with Gasteiger partial charge in [-0.3, -0.25) is 4.79 Å². The first-order valence-corrected chi connectivity index (χ1v) is 11.3. The maximum atomic E-state index is 12.0. The van der Waals surface area contributed by atoms with Crippen molar-refractivity contribution in [3.63, 3.8) is 0 Å². The van der Waals surface area contributed by atoms with Crippen molar-refractivity contribution in [3.05, 3.63) is 34.2 Å². The lowest BCUT2D eigenvalue weighted by molar-refractivity contribution is -0.108. The van der Waals surface area contributed by atoms with E-state index in [4.69, 9.17) is 9.47 Å². The zero-order valence-electron chi connectivity index (χ0n) is 18.8. The van der Waals surface area contributed by atoms with Gasteiger partial charge in [-0.2, -0.15) is 0 Å². The molecule has 0 aliphatic heterocycles. The number of methoxy groups -OCH3 is 1. The molecule has 1 fully saturated rings. The lowest BCUT2D eigenvalue weighted by atomic mass is 9.91. The smallest absolute Gasteiger partial charge is 0.348 e. The molecule has 1 amide bonds. The van der Waals surface area contributed by atoms with Gasteiger partial charge in [-0.05, 0) is 58.6 Å². The topological polar surface area (TPSA) is 89.0 Å². The molecule has 0 aromatic carbocycles. The van der Waals surface area contributed by atoms with Crippen LogP contribution in [-0.4, -0.2) is 41.7 Å². The summed E-state index contributed by atoms with van der Waals surface area (Å²) >= 11 is 1.11. The number of thiophene rings is 1. The molecule has 2 aromatic rings. The van der Waals surface area contributed by atoms with Crippen molar-refractivity contribution < 1.29 is 24.2 Å². The van der Waals surface area contributed by atoms with E-state index in [2.05, 4.69) is 16.8 Å². The van der Waals surface area contributed by atoms with Crippen LogP contribution in [0.2, 0.25) is 0 Å². The van der Waals surface area contributed by atoms with Gasteiger partial charge in [0.05, 0.1) is 23.8 Å². The van der Waals surface area contributed by atoms with E-state index < -0.39 is 5.97 Å². The Balaban J connectivity index is 1.72. The minimum absolute atomic E-state index is 0.0153. The number of carboxylic acid groups (broad SMARTS) is 1. The number of anilines is 1. The Morgan fingerprint density at radius 2 is 2.00 bits per heavy atom. The van der Waals surface area contributed by atoms with E-state index in [1.54, 1.807) is 36.4 Å². The molecule has 1 aliphatic rings. The quantitative estimate of drug-likeness (QED) is 0.484. The van der Waals surface area contributed by atoms with Crippen LogP contribution in [0.5, 0.6) is 11.6 Å². The second kappa shape index (κ2) is 10.0. The molecule has 170 valence electrons. The zero-order valence-corrected chi connectivity index (χ0v) is 19.6. The molecule has 0 atom stereocenters. The number of nitrogens with zero attached hydrogens (tertiary/aromatic N) is 2. The molecule has 3 rings (SSSR count). The van der Waals surface area contributed by atoms with Crippen molar-refractivity contribution >= 4 is 29.4 Å². The van der Waals surface area contributed by atoms with Gasteiger partial charge in [0.25, 0.3) is 0 Å². The van der Waals surface area contributed by atoms with Gasteiger partial charge < -0.3 is 19.5 Å². The fraction of sp³-hybridized carbons (Fsp3) is 0.458. The summed E-state index contributed by atoms with van der Waals surface area (Å²) in [5, 5.41) is 9.68. The second-order valence-corrected chi connectivity index (χ2v) is 9.78. The number of ether oxygens (including phenoxy) is 2. The number of hydrogen-bond donors (Lipinski definition) is 1. The summed E-state index contributed by atoms with van der Waals surface area (Å²) in [6, 6.07) is 5.16. The molecule has 0 unspecified atom stereocenters. The van der Waals surface area contributed by atoms with Crippen LogP contribution in [0.4, 0.5) is 5.69 Å². The van der Waals surface area contributed by atoms with Crippen molar-refractivity contribution in [1.82, 2.24) is 4.98 Å². The van der Waals surface area contributed by atoms with E-state index in [0.717, 1.165) is 30.6 Å². The largest absolute Gasteiger partial charge is 0.490 e. The van der Waals surface area contributed by atoms with Gasteiger partial charge in [-0.25, -0.2) is 9.78 Å². The van der Waals surface area contributed by atoms with E-state index in [9.17, 15) is 14.7 Å². The van der Waals surface area contributed by atoms with Gasteiger partial charge in [0.1, 0.15) is 10.6 Å². The summed E-state index contributed by atoms with van der Waals surface area (Å²) < 4.78 is 11.2. The molecule has 32 heavy (non-hydrogen) atoms. The highest BCUT2D eigenvalue weighted by molar-refractivity contribution is 7.15. The molecule has 1 aliphatic carbocycles. The highest BCUT2D eigenvalue weighted by Gasteiger charge is 2.30. The SMILES string of the molecule is COc1cc(OC2CCC(N(C=O)c3cc(C#CC(C)(C)C)sc3C(=O)O)CC2)ccn1. The molecule has 2 aromatic heterocycles. The highest BCUT2D eigenvalue weighted by atomic mass is 32.1. The third-order valence-electron chi connectivity index (χ3n) is 5.11. The first-order chi connectivity index (χ1) is 15.2. The highest BCUT2D eigenvalue weighted by Crippen LogP contribution is 2.35. The number of aromatic nitrogens is 1. The molecule has 1 saturated carbocycles. The predicted octanol–water partition coefficient (Wildman–Crippen LogP) is 4.60. The van der Waals surface area contributed by atoms with E-state index in [0.29, 0.717) is 35.0 Å². The van der Waals surface area contributed by atoms with Crippen molar-refractivity contribution in [2.45, 2.75) is 58.6 Å². The molecular formula is C24H28N2O5S. The van der Waals surface area contributed by atoms with Gasteiger partial charge >= 0.3 is 5.97 Å². The summed E-state index contributed by atoms with van der Waals surface area (Å²) in [5.74, 6) is 6.31. The van der Waals surface area contributed by atoms with E-state index in [1.165, 1.54) is 0 Å². The Labute approximate surface area is 192 Å². The number of amides is 1. The van der Waals surface area contributed by atoms with Gasteiger partial charge in [0.2, 0.25) is 12.3 Å². The number of carbonyl (C=O) groups excluding carboxylic acids is 1. The lowest BCUT2D eigenvalue weighted by Gasteiger charge is -2.34. The number of hydrogen-bond acceptors (Lipinski definition) is 6. The molecule has 0 bridgehead atoms. The van der Waals surface area contributed by atoms with Crippen molar-refractivity contribution in [3.8, 4) is 23.5 Å². The van der Waals surface area contributed by atoms with Crippen LogP contribution in [0.3, 0.4) is 0 Å². The summed E-state index contributed by atoms with van der Waals surface area (Å²) in [4.78, 5) is 30.2. The minimum Gasteiger partial charge on any atom is -0.490 e. The van der Waals surface area contributed by atoms with E-state index in [1.807, 2.05) is 20.8 Å². The third-order valence-corrected chi connectivity index (χ3v) is 6.14. The number of aromatic carboxylic acids is 1. The Bertz CT molecular complexity index is 1020. The van der Waals surface area contributed by atoms with Crippen LogP contribution >= 0.6 is 11.3 Å². The van der Waals surface area contributed by atoms with Crippen molar-refractivity contribution in [2.24, 2.45) is 5.41 Å². The first kappa shape index (κ1) is 23.6. The van der Waals surface area contributed by atoms with Crippen LogP contribution in [0.15, 0.2) is 24.4 Å². The summed E-state index contributed by atoms with van der Waals surface area (Å²) in [6.45, 7) is 5.98. The third kappa shape index (κ3) is 6.01. The number of rotatable bonds is 7. The summed E-state index contributed by atoms with van der Waals surface area (Å²) in [7, 11) is 1.56. The molecule has 2 heterocycles. The molecule has 0 saturated heterocycles. The van der Waals surface area contributed by atoms with Crippen molar-refractivity contribution in [2.75, 3.05) is 12.0 Å². The fourth-order valence-corrected chi connectivity index (χ4v) is 4.44. The summed E-state index contributed by atoms with van der Waals surface area (Å²) in [6.07, 6.45) is 5.31. The molecule has 8 heteroatoms. The van der Waals surface area contributed by atoms with E-state index >= 15 is 0 Å². The van der Waals surface area contributed by atoms with Crippen LogP contribution in [0.25, 0.3) is 0 Å². The Kier molecular flexibility index (Phi) is 7.41. The van der Waals surface area contributed by atoms with Crippen LogP contribution in [0.1, 0.15) is 61.0 Å². The van der Waals surface area contributed by atoms with Crippen LogP contribution < -0.4 is 14.4 Å². The first-order valence-electron chi connectivity index (χ1n) is 10.5. The van der Waals surface area contributed by atoms with Crippen molar-refractivity contribution in [1.29, 1.82) is 0 Å². The average Bonchev–Trinajstić information content (AvgIpc) is 3.18. The maximum Gasteiger partial charge on any atom is 0.348 e. The number of pyridine rings is 1. The van der Waals surface area contributed by atoms with Gasteiger partial charge in [-0.15, -0.1) is 11.3 Å². The standard InChI is InChI=1S/C24H28N2O5S/c1-24(2,3)11-9-19-14-20(22(32-19)23(28)29)26(15-27)16-5-7-17(8-6-16)31-18-10-12-25-21(13-18)30-4/h10,12-17H,5-8H2,1-4H3,(H,28,29). The number of carboxylic acids is 1. The molecule has 0 spiro atoms. The monoisotopic (exact) mass is 456 g/mol. The zero-order chi connectivity index (χ0) is 23.3. The molecular weight excluding hydrogens is 428 g/mol. The number of carbonyl (C=O) groups is 2. The molecule has 0 radical (unpaired) electrons.